The summed E-state index contributed by atoms with van der Waals surface area (Å²) in [5.41, 5.74) is 8.45. The number of amides is 2. The van der Waals surface area contributed by atoms with Gasteiger partial charge < -0.3 is 5.73 Å². The van der Waals surface area contributed by atoms with Gasteiger partial charge in [0.2, 0.25) is 0 Å². The number of carbonyl (C=O) groups excluding carboxylic acids is 1. The average molecular weight is 285 g/mol. The van der Waals surface area contributed by atoms with E-state index in [2.05, 4.69) is 15.9 Å². The molecule has 0 spiro atoms. The highest BCUT2D eigenvalue weighted by molar-refractivity contribution is 9.10. The number of urea groups is 1. The molecule has 0 atom stereocenters. The molecule has 3 nitrogen and oxygen atoms in total. The van der Waals surface area contributed by atoms with Gasteiger partial charge in [0.1, 0.15) is 0 Å². The van der Waals surface area contributed by atoms with E-state index in [1.54, 1.807) is 4.90 Å². The van der Waals surface area contributed by atoms with Crippen LogP contribution in [0.5, 0.6) is 0 Å². The lowest BCUT2D eigenvalue weighted by Crippen LogP contribution is -2.36. The molecule has 0 saturated heterocycles. The molecule has 2 amide bonds. The summed E-state index contributed by atoms with van der Waals surface area (Å²) in [5, 5.41) is 0. The summed E-state index contributed by atoms with van der Waals surface area (Å²) in [4.78, 5) is 12.9. The Morgan fingerprint density at radius 2 is 1.88 bits per heavy atom. The second kappa shape index (κ2) is 5.34. The van der Waals surface area contributed by atoms with E-state index in [0.29, 0.717) is 6.54 Å². The Morgan fingerprint density at radius 3 is 2.25 bits per heavy atom. The minimum atomic E-state index is -0.400. The molecule has 4 heteroatoms. The van der Waals surface area contributed by atoms with E-state index >= 15 is 0 Å². The average Bonchev–Trinajstić information content (AvgIpc) is 2.21. The van der Waals surface area contributed by atoms with Crippen LogP contribution in [0, 0.1) is 13.8 Å². The fourth-order valence-electron chi connectivity index (χ4n) is 1.67. The third kappa shape index (κ3) is 2.76. The van der Waals surface area contributed by atoms with Gasteiger partial charge in [0, 0.05) is 16.7 Å². The molecule has 0 aliphatic heterocycles. The molecule has 1 rings (SSSR count). The topological polar surface area (TPSA) is 46.3 Å². The Hall–Kier alpha value is -1.03. The third-order valence-electron chi connectivity index (χ3n) is 2.45. The molecule has 0 fully saturated rings. The molecule has 1 aromatic carbocycles. The predicted octanol–water partition coefficient (Wildman–Crippen LogP) is 3.36. The van der Waals surface area contributed by atoms with Crippen LogP contribution in [-0.2, 0) is 0 Å². The van der Waals surface area contributed by atoms with Crippen molar-refractivity contribution in [1.82, 2.24) is 0 Å². The first-order chi connectivity index (χ1) is 7.47. The number of nitrogens with zero attached hydrogens (tertiary/aromatic N) is 1. The van der Waals surface area contributed by atoms with E-state index in [1.165, 1.54) is 0 Å². The van der Waals surface area contributed by atoms with Crippen molar-refractivity contribution in [2.75, 3.05) is 11.4 Å². The molecule has 0 aromatic heterocycles. The number of nitrogens with two attached hydrogens (primary N) is 1. The Balaban J connectivity index is 3.15. The Morgan fingerprint density at radius 1 is 1.38 bits per heavy atom. The summed E-state index contributed by atoms with van der Waals surface area (Å²) in [6.45, 7) is 6.68. The molecule has 1 aromatic rings. The van der Waals surface area contributed by atoms with Crippen LogP contribution in [-0.4, -0.2) is 12.6 Å². The van der Waals surface area contributed by atoms with Crippen LogP contribution in [0.4, 0.5) is 10.5 Å². The Bertz CT molecular complexity index is 381. The number of halogens is 1. The maximum Gasteiger partial charge on any atom is 0.319 e. The Kier molecular flexibility index (Phi) is 4.35. The van der Waals surface area contributed by atoms with Crippen molar-refractivity contribution in [3.8, 4) is 0 Å². The number of carbonyl (C=O) groups is 1. The molecule has 0 aliphatic carbocycles. The molecule has 0 saturated carbocycles. The lowest BCUT2D eigenvalue weighted by Gasteiger charge is -2.21. The maximum absolute atomic E-state index is 11.3. The summed E-state index contributed by atoms with van der Waals surface area (Å²) < 4.78 is 1.08. The monoisotopic (exact) mass is 284 g/mol. The first-order valence-corrected chi connectivity index (χ1v) is 6.10. The van der Waals surface area contributed by atoms with Gasteiger partial charge in [0.05, 0.1) is 0 Å². The quantitative estimate of drug-likeness (QED) is 0.909. The number of primary amides is 1. The standard InChI is InChI=1S/C12H17BrN2O/c1-4-5-15(12(14)16)10-6-8(2)11(13)9(3)7-10/h6-7H,4-5H2,1-3H3,(H2,14,16). The van der Waals surface area contributed by atoms with Crippen LogP contribution < -0.4 is 10.6 Å². The SMILES string of the molecule is CCCN(C(N)=O)c1cc(C)c(Br)c(C)c1. The number of hydrogen-bond donors (Lipinski definition) is 1. The zero-order chi connectivity index (χ0) is 12.3. The van der Waals surface area contributed by atoms with E-state index in [-0.39, 0.29) is 0 Å². The molecule has 0 unspecified atom stereocenters. The molecule has 0 radical (unpaired) electrons. The van der Waals surface area contributed by atoms with Crippen LogP contribution in [0.25, 0.3) is 0 Å². The smallest absolute Gasteiger partial charge is 0.319 e. The molecule has 0 aliphatic rings. The number of aryl methyl sites for hydroxylation is 2. The molecular formula is C12H17BrN2O. The van der Waals surface area contributed by atoms with E-state index in [9.17, 15) is 4.79 Å². The zero-order valence-electron chi connectivity index (χ0n) is 9.88. The number of hydrogen-bond acceptors (Lipinski definition) is 1. The van der Waals surface area contributed by atoms with Crippen LogP contribution in [0.2, 0.25) is 0 Å². The van der Waals surface area contributed by atoms with Gasteiger partial charge >= 0.3 is 6.03 Å². The number of anilines is 1. The highest BCUT2D eigenvalue weighted by Crippen LogP contribution is 2.27. The normalized spacial score (nSPS) is 10.2. The van der Waals surface area contributed by atoms with Gasteiger partial charge in [-0.15, -0.1) is 0 Å². The molecular weight excluding hydrogens is 268 g/mol. The molecule has 88 valence electrons. The molecule has 16 heavy (non-hydrogen) atoms. The van der Waals surface area contributed by atoms with Gasteiger partial charge in [-0.3, -0.25) is 4.90 Å². The van der Waals surface area contributed by atoms with E-state index in [4.69, 9.17) is 5.73 Å². The zero-order valence-corrected chi connectivity index (χ0v) is 11.5. The van der Waals surface area contributed by atoms with Crippen LogP contribution in [0.3, 0.4) is 0 Å². The van der Waals surface area contributed by atoms with Crippen molar-refractivity contribution < 1.29 is 4.79 Å². The second-order valence-corrected chi connectivity index (χ2v) is 4.68. The summed E-state index contributed by atoms with van der Waals surface area (Å²) >= 11 is 3.50. The van der Waals surface area contributed by atoms with Crippen molar-refractivity contribution in [3.05, 3.63) is 27.7 Å². The minimum absolute atomic E-state index is 0.400. The fourth-order valence-corrected chi connectivity index (χ4v) is 1.90. The van der Waals surface area contributed by atoms with E-state index in [0.717, 1.165) is 27.7 Å². The predicted molar refractivity (Wildman–Crippen MR) is 70.8 cm³/mol. The third-order valence-corrected chi connectivity index (χ3v) is 3.70. The van der Waals surface area contributed by atoms with E-state index in [1.807, 2.05) is 32.9 Å². The van der Waals surface area contributed by atoms with Gasteiger partial charge in [0.25, 0.3) is 0 Å². The van der Waals surface area contributed by atoms with Crippen LogP contribution >= 0.6 is 15.9 Å². The van der Waals surface area contributed by atoms with Gasteiger partial charge in [-0.2, -0.15) is 0 Å². The first-order valence-electron chi connectivity index (χ1n) is 5.31. The van der Waals surface area contributed by atoms with Gasteiger partial charge in [-0.05, 0) is 43.5 Å². The first kappa shape index (κ1) is 13.0. The van der Waals surface area contributed by atoms with Crippen molar-refractivity contribution in [1.29, 1.82) is 0 Å². The lowest BCUT2D eigenvalue weighted by molar-refractivity contribution is 0.254. The van der Waals surface area contributed by atoms with Crippen molar-refractivity contribution in [3.63, 3.8) is 0 Å². The summed E-state index contributed by atoms with van der Waals surface area (Å²) in [6.07, 6.45) is 0.886. The van der Waals surface area contributed by atoms with Crippen molar-refractivity contribution in [2.45, 2.75) is 27.2 Å². The highest BCUT2D eigenvalue weighted by Gasteiger charge is 2.13. The summed E-state index contributed by atoms with van der Waals surface area (Å²) in [7, 11) is 0. The number of benzene rings is 1. The number of rotatable bonds is 3. The fraction of sp³-hybridized carbons (Fsp3) is 0.417. The van der Waals surface area contributed by atoms with Crippen molar-refractivity contribution in [2.24, 2.45) is 5.73 Å². The summed E-state index contributed by atoms with van der Waals surface area (Å²) in [5.74, 6) is 0. The van der Waals surface area contributed by atoms with Crippen LogP contribution in [0.1, 0.15) is 24.5 Å². The molecule has 0 heterocycles. The minimum Gasteiger partial charge on any atom is -0.351 e. The van der Waals surface area contributed by atoms with Gasteiger partial charge in [0.15, 0.2) is 0 Å². The van der Waals surface area contributed by atoms with Gasteiger partial charge in [-0.1, -0.05) is 22.9 Å². The lowest BCUT2D eigenvalue weighted by atomic mass is 10.1. The Labute approximate surface area is 105 Å². The van der Waals surface area contributed by atoms with E-state index < -0.39 is 6.03 Å². The van der Waals surface area contributed by atoms with Crippen molar-refractivity contribution >= 4 is 27.6 Å². The second-order valence-electron chi connectivity index (χ2n) is 3.88. The van der Waals surface area contributed by atoms with Crippen LogP contribution in [0.15, 0.2) is 16.6 Å². The largest absolute Gasteiger partial charge is 0.351 e. The molecule has 0 bridgehead atoms. The highest BCUT2D eigenvalue weighted by atomic mass is 79.9. The summed E-state index contributed by atoms with van der Waals surface area (Å²) in [6, 6.07) is 3.54. The maximum atomic E-state index is 11.3. The molecule has 2 N–H and O–H groups in total. The van der Waals surface area contributed by atoms with Gasteiger partial charge in [-0.25, -0.2) is 4.79 Å².